The minimum Gasteiger partial charge on any atom is -0.491 e. The predicted octanol–water partition coefficient (Wildman–Crippen LogP) is 2.89. The third-order valence-electron chi connectivity index (χ3n) is 3.78. The number of rotatable bonds is 5. The van der Waals surface area contributed by atoms with Gasteiger partial charge in [-0.3, -0.25) is 0 Å². The molecule has 1 atom stereocenters. The first-order valence-electron chi connectivity index (χ1n) is 7.23. The Bertz CT molecular complexity index is 392. The number of aryl methyl sites for hydroxylation is 1. The largest absolute Gasteiger partial charge is 0.491 e. The zero-order chi connectivity index (χ0) is 13.7. The van der Waals surface area contributed by atoms with E-state index in [0.717, 1.165) is 31.3 Å². The fourth-order valence-electron chi connectivity index (χ4n) is 2.49. The van der Waals surface area contributed by atoms with Crippen molar-refractivity contribution < 1.29 is 9.84 Å². The van der Waals surface area contributed by atoms with E-state index in [9.17, 15) is 5.11 Å². The first kappa shape index (κ1) is 17.3. The Kier molecular flexibility index (Phi) is 7.35. The number of ether oxygens (including phenoxy) is 1. The summed E-state index contributed by atoms with van der Waals surface area (Å²) in [6.07, 6.45) is 2.07. The van der Waals surface area contributed by atoms with Crippen LogP contribution < -0.4 is 4.74 Å². The van der Waals surface area contributed by atoms with Gasteiger partial charge in [0.1, 0.15) is 18.5 Å². The van der Waals surface area contributed by atoms with E-state index in [4.69, 9.17) is 4.74 Å². The summed E-state index contributed by atoms with van der Waals surface area (Å²) in [7, 11) is 0. The molecule has 114 valence electrons. The third kappa shape index (κ3) is 5.70. The van der Waals surface area contributed by atoms with Gasteiger partial charge in [0.25, 0.3) is 0 Å². The summed E-state index contributed by atoms with van der Waals surface area (Å²) in [6.45, 7) is 7.63. The van der Waals surface area contributed by atoms with Gasteiger partial charge in [0.15, 0.2) is 0 Å². The van der Waals surface area contributed by atoms with Gasteiger partial charge < -0.3 is 14.7 Å². The van der Waals surface area contributed by atoms with Crippen molar-refractivity contribution >= 4 is 12.4 Å². The van der Waals surface area contributed by atoms with E-state index in [1.807, 2.05) is 31.2 Å². The van der Waals surface area contributed by atoms with E-state index < -0.39 is 6.10 Å². The van der Waals surface area contributed by atoms with Crippen LogP contribution in [0.1, 0.15) is 25.3 Å². The molecule has 1 N–H and O–H groups in total. The molecule has 0 spiro atoms. The molecule has 0 bridgehead atoms. The molecule has 20 heavy (non-hydrogen) atoms. The minimum absolute atomic E-state index is 0. The zero-order valence-corrected chi connectivity index (χ0v) is 13.2. The molecule has 1 unspecified atom stereocenters. The van der Waals surface area contributed by atoms with Crippen LogP contribution in [0.2, 0.25) is 0 Å². The molecule has 0 radical (unpaired) electrons. The van der Waals surface area contributed by atoms with Crippen molar-refractivity contribution in [2.24, 2.45) is 5.92 Å². The number of hydrogen-bond acceptors (Lipinski definition) is 3. The van der Waals surface area contributed by atoms with Crippen molar-refractivity contribution in [2.45, 2.75) is 32.8 Å². The van der Waals surface area contributed by atoms with Crippen LogP contribution in [0.3, 0.4) is 0 Å². The lowest BCUT2D eigenvalue weighted by Gasteiger charge is -2.31. The van der Waals surface area contributed by atoms with Gasteiger partial charge in [-0.15, -0.1) is 12.4 Å². The number of β-amino-alcohol motifs (C(OH)–C–C–N with tert-alkyl or cyclic N) is 1. The van der Waals surface area contributed by atoms with E-state index in [1.165, 1.54) is 18.4 Å². The Balaban J connectivity index is 0.00000200. The van der Waals surface area contributed by atoms with Crippen molar-refractivity contribution in [3.63, 3.8) is 0 Å². The fourth-order valence-corrected chi connectivity index (χ4v) is 2.49. The second-order valence-corrected chi connectivity index (χ2v) is 5.76. The van der Waals surface area contributed by atoms with Gasteiger partial charge in [0.05, 0.1) is 0 Å². The summed E-state index contributed by atoms with van der Waals surface area (Å²) in [5.74, 6) is 1.67. The van der Waals surface area contributed by atoms with Crippen molar-refractivity contribution in [2.75, 3.05) is 26.2 Å². The van der Waals surface area contributed by atoms with E-state index in [-0.39, 0.29) is 12.4 Å². The second-order valence-electron chi connectivity index (χ2n) is 5.76. The maximum atomic E-state index is 10.0. The van der Waals surface area contributed by atoms with Crippen LogP contribution in [0.4, 0.5) is 0 Å². The van der Waals surface area contributed by atoms with Crippen molar-refractivity contribution in [1.82, 2.24) is 4.90 Å². The Labute approximate surface area is 128 Å². The molecule has 3 nitrogen and oxygen atoms in total. The van der Waals surface area contributed by atoms with Crippen LogP contribution in [0.15, 0.2) is 24.3 Å². The highest BCUT2D eigenvalue weighted by atomic mass is 35.5. The highest BCUT2D eigenvalue weighted by Gasteiger charge is 2.18. The summed E-state index contributed by atoms with van der Waals surface area (Å²) in [5, 5.41) is 10.0. The Morgan fingerprint density at radius 2 is 2.05 bits per heavy atom. The van der Waals surface area contributed by atoms with Gasteiger partial charge in [0, 0.05) is 6.54 Å². The van der Waals surface area contributed by atoms with Gasteiger partial charge in [-0.2, -0.15) is 0 Å². The van der Waals surface area contributed by atoms with Crippen LogP contribution in [-0.4, -0.2) is 42.4 Å². The lowest BCUT2D eigenvalue weighted by Crippen LogP contribution is -2.40. The van der Waals surface area contributed by atoms with Crippen molar-refractivity contribution in [3.05, 3.63) is 29.8 Å². The Morgan fingerprint density at radius 1 is 1.35 bits per heavy atom. The Hall–Kier alpha value is -0.770. The topological polar surface area (TPSA) is 32.7 Å². The molecule has 0 aromatic heterocycles. The standard InChI is InChI=1S/C16H25NO2.ClH/c1-13-6-8-17(9-7-13)11-15(18)12-19-16-5-3-4-14(2)10-16;/h3-5,10,13,15,18H,6-9,11-12H2,1-2H3;1H. The number of halogens is 1. The zero-order valence-electron chi connectivity index (χ0n) is 12.4. The fraction of sp³-hybridized carbons (Fsp3) is 0.625. The number of aliphatic hydroxyl groups is 1. The normalized spacial score (nSPS) is 18.4. The maximum Gasteiger partial charge on any atom is 0.119 e. The predicted molar refractivity (Wildman–Crippen MR) is 84.8 cm³/mol. The van der Waals surface area contributed by atoms with E-state index in [0.29, 0.717) is 6.61 Å². The maximum absolute atomic E-state index is 10.0. The van der Waals surface area contributed by atoms with Gasteiger partial charge in [-0.25, -0.2) is 0 Å². The first-order valence-corrected chi connectivity index (χ1v) is 7.23. The van der Waals surface area contributed by atoms with E-state index in [1.54, 1.807) is 0 Å². The summed E-state index contributed by atoms with van der Waals surface area (Å²) >= 11 is 0. The number of aliphatic hydroxyl groups excluding tert-OH is 1. The molecule has 1 aliphatic heterocycles. The molecular weight excluding hydrogens is 274 g/mol. The minimum atomic E-state index is -0.408. The number of likely N-dealkylation sites (tertiary alicyclic amines) is 1. The van der Waals surface area contributed by atoms with Crippen molar-refractivity contribution in [3.8, 4) is 5.75 Å². The Morgan fingerprint density at radius 3 is 2.70 bits per heavy atom. The molecule has 0 saturated carbocycles. The average molecular weight is 300 g/mol. The average Bonchev–Trinajstić information content (AvgIpc) is 2.39. The quantitative estimate of drug-likeness (QED) is 0.907. The van der Waals surface area contributed by atoms with E-state index >= 15 is 0 Å². The molecule has 2 rings (SSSR count). The summed E-state index contributed by atoms with van der Waals surface area (Å²) < 4.78 is 5.63. The smallest absolute Gasteiger partial charge is 0.119 e. The highest BCUT2D eigenvalue weighted by molar-refractivity contribution is 5.85. The first-order chi connectivity index (χ1) is 9.13. The van der Waals surface area contributed by atoms with Gasteiger partial charge in [-0.05, 0) is 56.5 Å². The molecule has 1 fully saturated rings. The lowest BCUT2D eigenvalue weighted by molar-refractivity contribution is 0.0563. The van der Waals surface area contributed by atoms with Crippen molar-refractivity contribution in [1.29, 1.82) is 0 Å². The highest BCUT2D eigenvalue weighted by Crippen LogP contribution is 2.16. The summed E-state index contributed by atoms with van der Waals surface area (Å²) in [5.41, 5.74) is 1.18. The third-order valence-corrected chi connectivity index (χ3v) is 3.78. The molecule has 0 aliphatic carbocycles. The molecule has 1 aromatic carbocycles. The summed E-state index contributed by atoms with van der Waals surface area (Å²) in [6, 6.07) is 7.94. The van der Waals surface area contributed by atoms with Crippen LogP contribution in [-0.2, 0) is 0 Å². The number of benzene rings is 1. The molecule has 0 amide bonds. The number of nitrogens with zero attached hydrogens (tertiary/aromatic N) is 1. The van der Waals surface area contributed by atoms with Crippen LogP contribution >= 0.6 is 12.4 Å². The molecule has 4 heteroatoms. The summed E-state index contributed by atoms with van der Waals surface area (Å²) in [4.78, 5) is 2.34. The van der Waals surface area contributed by atoms with Gasteiger partial charge >= 0.3 is 0 Å². The second kappa shape index (κ2) is 8.50. The number of piperidine rings is 1. The van der Waals surface area contributed by atoms with Crippen LogP contribution in [0.25, 0.3) is 0 Å². The molecule has 1 aromatic rings. The molecular formula is C16H26ClNO2. The monoisotopic (exact) mass is 299 g/mol. The van der Waals surface area contributed by atoms with Crippen LogP contribution in [0, 0.1) is 12.8 Å². The molecule has 1 saturated heterocycles. The van der Waals surface area contributed by atoms with Gasteiger partial charge in [0.2, 0.25) is 0 Å². The van der Waals surface area contributed by atoms with Gasteiger partial charge in [-0.1, -0.05) is 19.1 Å². The SMILES string of the molecule is Cc1cccc(OCC(O)CN2CCC(C)CC2)c1.Cl. The van der Waals surface area contributed by atoms with Crippen LogP contribution in [0.5, 0.6) is 5.75 Å². The molecule has 1 heterocycles. The van der Waals surface area contributed by atoms with E-state index in [2.05, 4.69) is 11.8 Å². The number of hydrogen-bond donors (Lipinski definition) is 1. The lowest BCUT2D eigenvalue weighted by atomic mass is 9.99. The molecule has 1 aliphatic rings.